The first-order valence-corrected chi connectivity index (χ1v) is 8.63. The van der Waals surface area contributed by atoms with Gasteiger partial charge in [-0.15, -0.1) is 0 Å². The van der Waals surface area contributed by atoms with Crippen molar-refractivity contribution in [1.29, 1.82) is 0 Å². The molecule has 134 valence electrons. The van der Waals surface area contributed by atoms with E-state index < -0.39 is 0 Å². The Hall–Kier alpha value is -2.93. The predicted octanol–water partition coefficient (Wildman–Crippen LogP) is 2.25. The molecule has 7 heteroatoms. The largest absolute Gasteiger partial charge is 0.426 e. The third-order valence-corrected chi connectivity index (χ3v) is 4.86. The summed E-state index contributed by atoms with van der Waals surface area (Å²) < 4.78 is 5.72. The number of fused-ring (bicyclic) bond motifs is 1. The van der Waals surface area contributed by atoms with Crippen molar-refractivity contribution in [3.63, 3.8) is 0 Å². The average molecular weight is 351 g/mol. The minimum atomic E-state index is -0.242. The molecule has 1 fully saturated rings. The van der Waals surface area contributed by atoms with Crippen molar-refractivity contribution in [2.45, 2.75) is 12.5 Å². The molecule has 1 N–H and O–H groups in total. The van der Waals surface area contributed by atoms with E-state index in [1.165, 1.54) is 6.42 Å². The molecule has 7 nitrogen and oxygen atoms in total. The van der Waals surface area contributed by atoms with Gasteiger partial charge in [-0.05, 0) is 50.3 Å². The maximum atomic E-state index is 12.1. The van der Waals surface area contributed by atoms with Crippen LogP contribution in [0.4, 0.5) is 5.69 Å². The normalized spacial score (nSPS) is 17.5. The minimum Gasteiger partial charge on any atom is -0.426 e. The highest BCUT2D eigenvalue weighted by molar-refractivity contribution is 5.76. The zero-order chi connectivity index (χ0) is 18.1. The second-order valence-corrected chi connectivity index (χ2v) is 6.68. The molecule has 0 bridgehead atoms. The fourth-order valence-electron chi connectivity index (χ4n) is 3.32. The highest BCUT2D eigenvalue weighted by Gasteiger charge is 2.23. The highest BCUT2D eigenvalue weighted by Crippen LogP contribution is 2.25. The minimum absolute atomic E-state index is 0.161. The van der Waals surface area contributed by atoms with Gasteiger partial charge in [-0.2, -0.15) is 4.98 Å². The predicted molar refractivity (Wildman–Crippen MR) is 101 cm³/mol. The van der Waals surface area contributed by atoms with Gasteiger partial charge in [0.25, 0.3) is 5.56 Å². The van der Waals surface area contributed by atoms with Crippen LogP contribution in [0.25, 0.3) is 10.9 Å². The van der Waals surface area contributed by atoms with Crippen LogP contribution in [0.15, 0.2) is 47.5 Å². The second-order valence-electron chi connectivity index (χ2n) is 6.68. The van der Waals surface area contributed by atoms with Crippen LogP contribution in [0.2, 0.25) is 0 Å². The summed E-state index contributed by atoms with van der Waals surface area (Å²) in [5.41, 5.74) is 1.41. The van der Waals surface area contributed by atoms with Crippen LogP contribution in [-0.2, 0) is 0 Å². The number of likely N-dealkylation sites (tertiary alicyclic amines) is 1. The Morgan fingerprint density at radius 2 is 2.08 bits per heavy atom. The molecule has 0 spiro atoms. The number of likely N-dealkylation sites (N-methyl/N-ethyl adjacent to an activating group) is 2. The zero-order valence-corrected chi connectivity index (χ0v) is 14.8. The van der Waals surface area contributed by atoms with Gasteiger partial charge >= 0.3 is 6.01 Å². The van der Waals surface area contributed by atoms with Crippen LogP contribution in [0, 0.1) is 0 Å². The molecule has 1 aromatic carbocycles. The summed E-state index contributed by atoms with van der Waals surface area (Å²) in [5.74, 6) is 0.622. The lowest BCUT2D eigenvalue weighted by Gasteiger charge is -2.26. The Morgan fingerprint density at radius 3 is 2.81 bits per heavy atom. The number of H-pyrrole nitrogens is 1. The molecule has 1 aliphatic heterocycles. The van der Waals surface area contributed by atoms with E-state index in [9.17, 15) is 4.79 Å². The molecule has 4 rings (SSSR count). The fourth-order valence-corrected chi connectivity index (χ4v) is 3.32. The summed E-state index contributed by atoms with van der Waals surface area (Å²) in [5, 5.41) is 0.492. The first-order valence-electron chi connectivity index (χ1n) is 8.63. The van der Waals surface area contributed by atoms with E-state index >= 15 is 0 Å². The number of aromatic amines is 1. The number of benzene rings is 1. The molecule has 1 saturated heterocycles. The van der Waals surface area contributed by atoms with Gasteiger partial charge in [0, 0.05) is 31.5 Å². The maximum absolute atomic E-state index is 12.1. The summed E-state index contributed by atoms with van der Waals surface area (Å²) in [6.07, 6.45) is 4.28. The molecular formula is C19H21N5O2. The molecule has 0 aliphatic carbocycles. The Bertz CT molecular complexity index is 970. The zero-order valence-electron chi connectivity index (χ0n) is 14.8. The van der Waals surface area contributed by atoms with Crippen LogP contribution < -0.4 is 15.2 Å². The van der Waals surface area contributed by atoms with Crippen molar-refractivity contribution in [3.05, 3.63) is 53.1 Å². The lowest BCUT2D eigenvalue weighted by atomic mass is 10.2. The number of rotatable bonds is 4. The Labute approximate surface area is 151 Å². The van der Waals surface area contributed by atoms with Gasteiger partial charge in [-0.25, -0.2) is 0 Å². The number of anilines is 1. The van der Waals surface area contributed by atoms with Gasteiger partial charge in [0.1, 0.15) is 5.75 Å². The Morgan fingerprint density at radius 1 is 1.27 bits per heavy atom. The van der Waals surface area contributed by atoms with Crippen LogP contribution in [0.3, 0.4) is 0 Å². The number of aromatic nitrogens is 3. The van der Waals surface area contributed by atoms with Gasteiger partial charge in [0.05, 0.1) is 17.1 Å². The van der Waals surface area contributed by atoms with Gasteiger partial charge in [-0.1, -0.05) is 0 Å². The van der Waals surface area contributed by atoms with Crippen LogP contribution in [0.1, 0.15) is 6.42 Å². The van der Waals surface area contributed by atoms with Gasteiger partial charge in [-0.3, -0.25) is 14.8 Å². The van der Waals surface area contributed by atoms with Crippen molar-refractivity contribution in [2.75, 3.05) is 32.1 Å². The van der Waals surface area contributed by atoms with E-state index in [0.29, 0.717) is 22.7 Å². The third kappa shape index (κ3) is 3.25. The quantitative estimate of drug-likeness (QED) is 0.777. The lowest BCUT2D eigenvalue weighted by Crippen LogP contribution is -2.33. The molecule has 1 unspecified atom stereocenters. The topological polar surface area (TPSA) is 74.3 Å². The van der Waals surface area contributed by atoms with E-state index in [1.807, 2.05) is 24.3 Å². The maximum Gasteiger partial charge on any atom is 0.302 e. The Balaban J connectivity index is 1.52. The molecule has 3 aromatic rings. The molecule has 0 radical (unpaired) electrons. The Kier molecular flexibility index (Phi) is 4.30. The number of pyridine rings is 1. The number of ether oxygens (including phenoxy) is 1. The average Bonchev–Trinajstić information content (AvgIpc) is 3.08. The summed E-state index contributed by atoms with van der Waals surface area (Å²) in [6, 6.07) is 10.1. The molecule has 1 aliphatic rings. The lowest BCUT2D eigenvalue weighted by molar-refractivity contribution is 0.409. The van der Waals surface area contributed by atoms with Crippen molar-refractivity contribution in [1.82, 2.24) is 19.9 Å². The van der Waals surface area contributed by atoms with Gasteiger partial charge in [0.15, 0.2) is 0 Å². The first kappa shape index (κ1) is 16.5. The summed E-state index contributed by atoms with van der Waals surface area (Å²) in [6.45, 7) is 2.21. The number of hydrogen-bond donors (Lipinski definition) is 1. The highest BCUT2D eigenvalue weighted by atomic mass is 16.5. The molecule has 2 aromatic heterocycles. The van der Waals surface area contributed by atoms with Crippen LogP contribution in [0.5, 0.6) is 11.8 Å². The van der Waals surface area contributed by atoms with Gasteiger partial charge in [0.2, 0.25) is 0 Å². The van der Waals surface area contributed by atoms with E-state index in [-0.39, 0.29) is 11.6 Å². The molecular weight excluding hydrogens is 330 g/mol. The number of nitrogens with zero attached hydrogens (tertiary/aromatic N) is 4. The summed E-state index contributed by atoms with van der Waals surface area (Å²) >= 11 is 0. The van der Waals surface area contributed by atoms with Crippen molar-refractivity contribution in [2.24, 2.45) is 0 Å². The molecule has 3 heterocycles. The SMILES string of the molecule is CN1CCC(N(C)c2ccc(Oc3nc4cnccc4c(=O)[nH]3)cc2)C1. The standard InChI is InChI=1S/C19H21N5O2/c1-23-10-8-14(12-23)24(2)13-3-5-15(6-4-13)26-19-21-17-11-20-9-7-16(17)18(25)22-19/h3-7,9,11,14H,8,10,12H2,1-2H3,(H,21,22,25). The molecule has 1 atom stereocenters. The first-order chi connectivity index (χ1) is 12.6. The third-order valence-electron chi connectivity index (χ3n) is 4.86. The summed E-state index contributed by atoms with van der Waals surface area (Å²) in [4.78, 5) is 27.7. The van der Waals surface area contributed by atoms with Crippen LogP contribution in [-0.4, -0.2) is 53.1 Å². The van der Waals surface area contributed by atoms with E-state index in [1.54, 1.807) is 18.5 Å². The second kappa shape index (κ2) is 6.76. The van der Waals surface area contributed by atoms with Crippen molar-refractivity contribution in [3.8, 4) is 11.8 Å². The van der Waals surface area contributed by atoms with Crippen LogP contribution >= 0.6 is 0 Å². The smallest absolute Gasteiger partial charge is 0.302 e. The molecule has 26 heavy (non-hydrogen) atoms. The number of nitrogens with one attached hydrogen (secondary N) is 1. The van der Waals surface area contributed by atoms with Gasteiger partial charge < -0.3 is 14.5 Å². The molecule has 0 amide bonds. The molecule has 0 saturated carbocycles. The summed E-state index contributed by atoms with van der Waals surface area (Å²) in [7, 11) is 4.27. The monoisotopic (exact) mass is 351 g/mol. The van der Waals surface area contributed by atoms with Crippen molar-refractivity contribution >= 4 is 16.6 Å². The van der Waals surface area contributed by atoms with E-state index in [0.717, 1.165) is 18.8 Å². The fraction of sp³-hybridized carbons (Fsp3) is 0.316. The number of hydrogen-bond acceptors (Lipinski definition) is 6. The van der Waals surface area contributed by atoms with E-state index in [2.05, 4.69) is 38.8 Å². The van der Waals surface area contributed by atoms with E-state index in [4.69, 9.17) is 4.74 Å². The van der Waals surface area contributed by atoms with Crippen molar-refractivity contribution < 1.29 is 4.74 Å².